The number of ether oxygens (including phenoxy) is 2. The molecule has 1 amide bonds. The normalized spacial score (nSPS) is 16.6. The molecule has 1 atom stereocenters. The molecule has 0 bridgehead atoms. The Morgan fingerprint density at radius 3 is 2.60 bits per heavy atom. The minimum atomic E-state index is -4.95. The Morgan fingerprint density at radius 2 is 1.94 bits per heavy atom. The summed E-state index contributed by atoms with van der Waals surface area (Å²) in [5, 5.41) is 21.7. The number of carbonyl (C=O) groups is 1. The van der Waals surface area contributed by atoms with Crippen LogP contribution in [-0.4, -0.2) is 46.3 Å². The molecular formula is C25H27F3N2O5. The fraction of sp³-hybridized carbons (Fsp3) is 0.440. The van der Waals surface area contributed by atoms with Crippen LogP contribution < -0.4 is 5.32 Å². The predicted octanol–water partition coefficient (Wildman–Crippen LogP) is 5.01. The van der Waals surface area contributed by atoms with E-state index in [1.165, 1.54) is 18.5 Å². The van der Waals surface area contributed by atoms with Crippen LogP contribution in [0, 0.1) is 11.8 Å². The van der Waals surface area contributed by atoms with Gasteiger partial charge in [0.1, 0.15) is 0 Å². The number of pyridine rings is 1. The number of nitrogens with one attached hydrogen (secondary N) is 1. The van der Waals surface area contributed by atoms with Gasteiger partial charge in [0.15, 0.2) is 11.9 Å². The number of aliphatic hydroxyl groups is 1. The van der Waals surface area contributed by atoms with E-state index in [0.717, 1.165) is 6.42 Å². The van der Waals surface area contributed by atoms with Gasteiger partial charge in [0.25, 0.3) is 0 Å². The summed E-state index contributed by atoms with van der Waals surface area (Å²) >= 11 is 0. The minimum Gasteiger partial charge on any atom is -0.465 e. The van der Waals surface area contributed by atoms with Crippen molar-refractivity contribution in [2.24, 2.45) is 0 Å². The number of carboxylic acid groups (broad SMARTS) is 1. The number of halogens is 3. The van der Waals surface area contributed by atoms with E-state index in [-0.39, 0.29) is 11.3 Å². The van der Waals surface area contributed by atoms with Crippen LogP contribution in [0.3, 0.4) is 0 Å². The van der Waals surface area contributed by atoms with Crippen LogP contribution in [0.15, 0.2) is 42.7 Å². The molecule has 1 unspecified atom stereocenters. The molecule has 2 heterocycles. The summed E-state index contributed by atoms with van der Waals surface area (Å²) < 4.78 is 53.3. The van der Waals surface area contributed by atoms with Crippen molar-refractivity contribution >= 4 is 11.8 Å². The largest absolute Gasteiger partial charge is 0.465 e. The maximum absolute atomic E-state index is 14.0. The highest BCUT2D eigenvalue weighted by atomic mass is 19.4. The molecule has 1 aromatic carbocycles. The van der Waals surface area contributed by atoms with Gasteiger partial charge in [-0.15, -0.1) is 0 Å². The van der Waals surface area contributed by atoms with Crippen LogP contribution in [0.4, 0.5) is 23.7 Å². The third kappa shape index (κ3) is 6.72. The molecule has 10 heteroatoms. The molecule has 1 aliphatic rings. The van der Waals surface area contributed by atoms with Crippen molar-refractivity contribution in [3.05, 3.63) is 59.4 Å². The molecule has 0 aliphatic carbocycles. The summed E-state index contributed by atoms with van der Waals surface area (Å²) in [6.45, 7) is 4.31. The highest BCUT2D eigenvalue weighted by Crippen LogP contribution is 2.43. The van der Waals surface area contributed by atoms with Gasteiger partial charge < -0.3 is 19.7 Å². The van der Waals surface area contributed by atoms with Gasteiger partial charge >= 0.3 is 12.3 Å². The lowest BCUT2D eigenvalue weighted by molar-refractivity contribution is -0.264. The number of anilines is 1. The molecule has 0 spiro atoms. The third-order valence-corrected chi connectivity index (χ3v) is 5.70. The third-order valence-electron chi connectivity index (χ3n) is 5.70. The molecule has 3 N–H and O–H groups in total. The van der Waals surface area contributed by atoms with Crippen molar-refractivity contribution in [2.45, 2.75) is 56.6 Å². The van der Waals surface area contributed by atoms with Gasteiger partial charge in [-0.05, 0) is 29.9 Å². The Labute approximate surface area is 201 Å². The molecular weight excluding hydrogens is 465 g/mol. The highest BCUT2D eigenvalue weighted by molar-refractivity contribution is 5.84. The van der Waals surface area contributed by atoms with E-state index < -0.39 is 42.4 Å². The number of rotatable bonds is 6. The van der Waals surface area contributed by atoms with E-state index in [4.69, 9.17) is 14.6 Å². The molecule has 1 fully saturated rings. The fourth-order valence-corrected chi connectivity index (χ4v) is 3.89. The van der Waals surface area contributed by atoms with E-state index in [1.54, 1.807) is 38.1 Å². The van der Waals surface area contributed by atoms with E-state index in [1.807, 2.05) is 0 Å². The topological polar surface area (TPSA) is 101 Å². The molecule has 188 valence electrons. The second-order valence-corrected chi connectivity index (χ2v) is 8.97. The number of hydrogen-bond donors (Lipinski definition) is 3. The van der Waals surface area contributed by atoms with Crippen LogP contribution >= 0.6 is 0 Å². The first kappa shape index (κ1) is 26.5. The number of hydrogen-bond acceptors (Lipinski definition) is 5. The average molecular weight is 492 g/mol. The molecule has 1 saturated heterocycles. The quantitative estimate of drug-likeness (QED) is 0.490. The summed E-state index contributed by atoms with van der Waals surface area (Å²) in [5.74, 6) is 4.89. The number of nitrogens with zero attached hydrogens (tertiary/aromatic N) is 1. The lowest BCUT2D eigenvalue weighted by atomic mass is 9.73. The van der Waals surface area contributed by atoms with Crippen molar-refractivity contribution in [3.63, 3.8) is 0 Å². The standard InChI is InChI=1S/C25H27F3N2O5/c1-23(2,19-8-3-6-18(14-19)21-34-12-5-13-35-21)16-24(33,25(26,27)28)10-4-7-17-9-11-29-15-20(17)30-22(31)32/h3,6,8-9,11,14-15,21,30,33H,5,10,12-13,16H2,1-2H3,(H,31,32). The van der Waals surface area contributed by atoms with Crippen molar-refractivity contribution < 1.29 is 37.7 Å². The zero-order valence-electron chi connectivity index (χ0n) is 19.4. The van der Waals surface area contributed by atoms with Crippen LogP contribution in [-0.2, 0) is 14.9 Å². The maximum atomic E-state index is 14.0. The average Bonchev–Trinajstić information content (AvgIpc) is 2.79. The maximum Gasteiger partial charge on any atom is 0.418 e. The Balaban J connectivity index is 1.84. The lowest BCUT2D eigenvalue weighted by Gasteiger charge is -2.37. The van der Waals surface area contributed by atoms with Gasteiger partial charge in [-0.2, -0.15) is 13.2 Å². The van der Waals surface area contributed by atoms with Crippen molar-refractivity contribution in [1.82, 2.24) is 4.98 Å². The van der Waals surface area contributed by atoms with Crippen LogP contribution in [0.1, 0.15) is 56.1 Å². The van der Waals surface area contributed by atoms with Gasteiger partial charge in [0, 0.05) is 18.2 Å². The Hall–Kier alpha value is -3.13. The number of benzene rings is 1. The van der Waals surface area contributed by atoms with Crippen molar-refractivity contribution in [2.75, 3.05) is 18.5 Å². The summed E-state index contributed by atoms with van der Waals surface area (Å²) in [4.78, 5) is 14.7. The Bertz CT molecular complexity index is 1100. The molecule has 35 heavy (non-hydrogen) atoms. The molecule has 0 radical (unpaired) electrons. The smallest absolute Gasteiger partial charge is 0.418 e. The van der Waals surface area contributed by atoms with E-state index in [0.29, 0.717) is 24.3 Å². The van der Waals surface area contributed by atoms with Crippen LogP contribution in [0.2, 0.25) is 0 Å². The SMILES string of the molecule is CC(C)(CC(O)(CC#Cc1ccncc1NC(=O)O)C(F)(F)F)c1cccc(C2OCCCO2)c1. The molecule has 1 aliphatic heterocycles. The fourth-order valence-electron chi connectivity index (χ4n) is 3.89. The summed E-state index contributed by atoms with van der Waals surface area (Å²) in [7, 11) is 0. The van der Waals surface area contributed by atoms with Crippen LogP contribution in [0.5, 0.6) is 0 Å². The minimum absolute atomic E-state index is 0.0346. The van der Waals surface area contributed by atoms with Crippen LogP contribution in [0.25, 0.3) is 0 Å². The predicted molar refractivity (Wildman–Crippen MR) is 122 cm³/mol. The first-order chi connectivity index (χ1) is 16.4. The lowest BCUT2D eigenvalue weighted by Crippen LogP contribution is -2.48. The van der Waals surface area contributed by atoms with Gasteiger partial charge in [-0.3, -0.25) is 10.3 Å². The first-order valence-corrected chi connectivity index (χ1v) is 11.0. The molecule has 2 aromatic rings. The van der Waals surface area contributed by atoms with E-state index >= 15 is 0 Å². The molecule has 1 aromatic heterocycles. The monoisotopic (exact) mass is 492 g/mol. The van der Waals surface area contributed by atoms with E-state index in [2.05, 4.69) is 22.1 Å². The van der Waals surface area contributed by atoms with Gasteiger partial charge in [0.2, 0.25) is 0 Å². The summed E-state index contributed by atoms with van der Waals surface area (Å²) in [5.41, 5.74) is -2.72. The number of aromatic nitrogens is 1. The number of alkyl halides is 3. The first-order valence-electron chi connectivity index (χ1n) is 11.0. The van der Waals surface area contributed by atoms with Gasteiger partial charge in [0.05, 0.1) is 30.7 Å². The van der Waals surface area contributed by atoms with E-state index in [9.17, 15) is 23.1 Å². The molecule has 3 rings (SSSR count). The second-order valence-electron chi connectivity index (χ2n) is 8.97. The zero-order valence-corrected chi connectivity index (χ0v) is 19.4. The van der Waals surface area contributed by atoms with Gasteiger partial charge in [-0.1, -0.05) is 50.0 Å². The molecule has 0 saturated carbocycles. The highest BCUT2D eigenvalue weighted by Gasteiger charge is 2.55. The summed E-state index contributed by atoms with van der Waals surface area (Å²) in [6, 6.07) is 8.32. The number of amides is 1. The van der Waals surface area contributed by atoms with Gasteiger partial charge in [-0.25, -0.2) is 4.79 Å². The van der Waals surface area contributed by atoms with Crippen molar-refractivity contribution in [3.8, 4) is 11.8 Å². The summed E-state index contributed by atoms with van der Waals surface area (Å²) in [6.07, 6.45) is -5.14. The second kappa shape index (κ2) is 10.6. The van der Waals surface area contributed by atoms with Crippen molar-refractivity contribution in [1.29, 1.82) is 0 Å². The zero-order chi connectivity index (χ0) is 25.7. The Kier molecular flexibility index (Phi) is 8.05. The molecule has 7 nitrogen and oxygen atoms in total. The Morgan fingerprint density at radius 1 is 1.23 bits per heavy atom.